The fraction of sp³-hybridized carbons (Fsp3) is 0.263. The van der Waals surface area contributed by atoms with E-state index in [1.165, 1.54) is 29.4 Å². The first kappa shape index (κ1) is 17.9. The molecule has 6 nitrogen and oxygen atoms in total. The van der Waals surface area contributed by atoms with E-state index in [1.54, 1.807) is 4.90 Å². The smallest absolute Gasteiger partial charge is 0.316 e. The van der Waals surface area contributed by atoms with Crippen molar-refractivity contribution in [2.24, 2.45) is 0 Å². The van der Waals surface area contributed by atoms with Crippen molar-refractivity contribution in [2.75, 3.05) is 23.8 Å². The molecule has 1 aliphatic heterocycles. The molecule has 1 amide bonds. The van der Waals surface area contributed by atoms with E-state index >= 15 is 0 Å². The largest absolute Gasteiger partial charge is 0.455 e. The molecule has 3 aromatic rings. The lowest BCUT2D eigenvalue weighted by Gasteiger charge is -2.29. The Bertz CT molecular complexity index is 989. The topological polar surface area (TPSA) is 72.4 Å². The van der Waals surface area contributed by atoms with E-state index in [0.717, 1.165) is 39.3 Å². The van der Waals surface area contributed by atoms with Crippen molar-refractivity contribution in [1.82, 2.24) is 9.97 Å². The Kier molecular flexibility index (Phi) is 5.35. The Morgan fingerprint density at radius 3 is 3.04 bits per heavy atom. The van der Waals surface area contributed by atoms with Gasteiger partial charge in [-0.15, -0.1) is 11.3 Å². The number of para-hydroxylation sites is 1. The summed E-state index contributed by atoms with van der Waals surface area (Å²) >= 11 is 2.82. The first-order valence-electron chi connectivity index (χ1n) is 8.57. The van der Waals surface area contributed by atoms with Gasteiger partial charge in [0.05, 0.1) is 5.75 Å². The number of esters is 1. The number of rotatable bonds is 5. The molecule has 1 aromatic carbocycles. The first-order chi connectivity index (χ1) is 13.2. The number of amides is 1. The van der Waals surface area contributed by atoms with Crippen LogP contribution in [0.3, 0.4) is 0 Å². The number of aryl methyl sites for hydroxylation is 1. The molecule has 0 radical (unpaired) electrons. The van der Waals surface area contributed by atoms with Crippen LogP contribution in [0.4, 0.5) is 5.69 Å². The summed E-state index contributed by atoms with van der Waals surface area (Å²) in [6.07, 6.45) is 3.37. The van der Waals surface area contributed by atoms with Crippen LogP contribution in [-0.2, 0) is 20.7 Å². The van der Waals surface area contributed by atoms with Gasteiger partial charge >= 0.3 is 5.97 Å². The summed E-state index contributed by atoms with van der Waals surface area (Å²) in [6.45, 7) is 0.407. The molecule has 0 N–H and O–H groups in total. The molecule has 0 saturated heterocycles. The number of thiophene rings is 1. The maximum atomic E-state index is 12.5. The Hall–Kier alpha value is -2.45. The van der Waals surface area contributed by atoms with Crippen molar-refractivity contribution in [2.45, 2.75) is 17.9 Å². The van der Waals surface area contributed by atoms with E-state index < -0.39 is 5.97 Å². The normalized spacial score (nSPS) is 13.4. The maximum absolute atomic E-state index is 12.5. The van der Waals surface area contributed by atoms with Crippen molar-refractivity contribution in [3.63, 3.8) is 0 Å². The highest BCUT2D eigenvalue weighted by molar-refractivity contribution is 8.00. The summed E-state index contributed by atoms with van der Waals surface area (Å²) in [5.74, 6) is -0.519. The van der Waals surface area contributed by atoms with Crippen LogP contribution >= 0.6 is 23.1 Å². The van der Waals surface area contributed by atoms with Crippen molar-refractivity contribution in [1.29, 1.82) is 0 Å². The standard InChI is InChI=1S/C19H17N3O3S2/c23-16(22-8-3-5-13-4-1-2-6-15(13)22)10-25-17(24)11-27-19-14-7-9-26-18(14)20-12-21-19/h1-2,4,6-7,9,12H,3,5,8,10-11H2. The maximum Gasteiger partial charge on any atom is 0.316 e. The number of benzene rings is 1. The van der Waals surface area contributed by atoms with Crippen LogP contribution in [0.15, 0.2) is 47.1 Å². The number of carbonyl (C=O) groups excluding carboxylic acids is 2. The van der Waals surface area contributed by atoms with Gasteiger partial charge in [-0.3, -0.25) is 9.59 Å². The summed E-state index contributed by atoms with van der Waals surface area (Å²) in [7, 11) is 0. The van der Waals surface area contributed by atoms with E-state index in [0.29, 0.717) is 6.54 Å². The molecule has 0 spiro atoms. The van der Waals surface area contributed by atoms with Gasteiger partial charge in [0, 0.05) is 17.6 Å². The minimum Gasteiger partial charge on any atom is -0.455 e. The van der Waals surface area contributed by atoms with E-state index in [9.17, 15) is 9.59 Å². The number of anilines is 1. The molecule has 0 aliphatic carbocycles. The Balaban J connectivity index is 1.32. The predicted octanol–water partition coefficient (Wildman–Crippen LogP) is 3.31. The van der Waals surface area contributed by atoms with Gasteiger partial charge in [-0.25, -0.2) is 9.97 Å². The molecular weight excluding hydrogens is 382 g/mol. The van der Waals surface area contributed by atoms with Crippen LogP contribution in [0.2, 0.25) is 0 Å². The Morgan fingerprint density at radius 2 is 2.11 bits per heavy atom. The Morgan fingerprint density at radius 1 is 1.22 bits per heavy atom. The highest BCUT2D eigenvalue weighted by Gasteiger charge is 2.23. The van der Waals surface area contributed by atoms with E-state index in [2.05, 4.69) is 9.97 Å². The fourth-order valence-electron chi connectivity index (χ4n) is 3.06. The van der Waals surface area contributed by atoms with Gasteiger partial charge in [-0.2, -0.15) is 0 Å². The van der Waals surface area contributed by atoms with Gasteiger partial charge in [0.2, 0.25) is 0 Å². The van der Waals surface area contributed by atoms with Gasteiger partial charge in [0.25, 0.3) is 5.91 Å². The molecule has 2 aromatic heterocycles. The van der Waals surface area contributed by atoms with Crippen molar-refractivity contribution >= 4 is 50.9 Å². The SMILES string of the molecule is O=C(CSc1ncnc2sccc12)OCC(=O)N1CCCc2ccccc21. The number of fused-ring (bicyclic) bond motifs is 2. The molecule has 0 bridgehead atoms. The zero-order chi connectivity index (χ0) is 18.6. The number of carbonyl (C=O) groups is 2. The summed E-state index contributed by atoms with van der Waals surface area (Å²) in [4.78, 5) is 35.6. The molecule has 0 saturated carbocycles. The van der Waals surface area contributed by atoms with Crippen LogP contribution < -0.4 is 4.90 Å². The second-order valence-electron chi connectivity index (χ2n) is 6.05. The molecular formula is C19H17N3O3S2. The lowest BCUT2D eigenvalue weighted by Crippen LogP contribution is -2.38. The summed E-state index contributed by atoms with van der Waals surface area (Å²) in [6, 6.07) is 9.79. The monoisotopic (exact) mass is 399 g/mol. The van der Waals surface area contributed by atoms with E-state index in [1.807, 2.05) is 35.7 Å². The molecule has 0 unspecified atom stereocenters. The second kappa shape index (κ2) is 8.06. The van der Waals surface area contributed by atoms with Gasteiger partial charge in [-0.05, 0) is 35.9 Å². The minimum absolute atomic E-state index is 0.103. The van der Waals surface area contributed by atoms with Crippen LogP contribution in [0.1, 0.15) is 12.0 Å². The minimum atomic E-state index is -0.430. The van der Waals surface area contributed by atoms with Gasteiger partial charge in [0.15, 0.2) is 6.61 Å². The van der Waals surface area contributed by atoms with Gasteiger partial charge in [-0.1, -0.05) is 30.0 Å². The molecule has 0 atom stereocenters. The van der Waals surface area contributed by atoms with Crippen LogP contribution in [0, 0.1) is 0 Å². The first-order valence-corrected chi connectivity index (χ1v) is 10.4. The third-order valence-corrected chi connectivity index (χ3v) is 6.12. The summed E-state index contributed by atoms with van der Waals surface area (Å²) in [5.41, 5.74) is 2.07. The lowest BCUT2D eigenvalue weighted by molar-refractivity contribution is -0.145. The van der Waals surface area contributed by atoms with Crippen LogP contribution in [0.5, 0.6) is 0 Å². The number of ether oxygens (including phenoxy) is 1. The second-order valence-corrected chi connectivity index (χ2v) is 7.90. The average molecular weight is 399 g/mol. The summed E-state index contributed by atoms with van der Waals surface area (Å²) in [5, 5.41) is 3.62. The zero-order valence-electron chi connectivity index (χ0n) is 14.5. The number of nitrogens with zero attached hydrogens (tertiary/aromatic N) is 3. The highest BCUT2D eigenvalue weighted by Crippen LogP contribution is 2.28. The van der Waals surface area contributed by atoms with Crippen molar-refractivity contribution < 1.29 is 14.3 Å². The third-order valence-electron chi connectivity index (χ3n) is 4.32. The van der Waals surface area contributed by atoms with E-state index in [-0.39, 0.29) is 18.3 Å². The lowest BCUT2D eigenvalue weighted by atomic mass is 10.0. The quantitative estimate of drug-likeness (QED) is 0.372. The number of hydrogen-bond acceptors (Lipinski definition) is 7. The van der Waals surface area contributed by atoms with E-state index in [4.69, 9.17) is 4.74 Å². The fourth-order valence-corrected chi connectivity index (χ4v) is 4.64. The molecule has 8 heteroatoms. The molecule has 138 valence electrons. The predicted molar refractivity (Wildman–Crippen MR) is 106 cm³/mol. The molecule has 0 fully saturated rings. The zero-order valence-corrected chi connectivity index (χ0v) is 16.1. The van der Waals surface area contributed by atoms with Gasteiger partial charge in [0.1, 0.15) is 16.2 Å². The van der Waals surface area contributed by atoms with Crippen LogP contribution in [-0.4, -0.2) is 40.7 Å². The average Bonchev–Trinajstić information content (AvgIpc) is 3.19. The molecule has 27 heavy (non-hydrogen) atoms. The van der Waals surface area contributed by atoms with Crippen molar-refractivity contribution in [3.8, 4) is 0 Å². The highest BCUT2D eigenvalue weighted by atomic mass is 32.2. The number of aromatic nitrogens is 2. The number of thioether (sulfide) groups is 1. The van der Waals surface area contributed by atoms with Crippen LogP contribution in [0.25, 0.3) is 10.2 Å². The Labute approximate surface area is 164 Å². The number of hydrogen-bond donors (Lipinski definition) is 0. The van der Waals surface area contributed by atoms with Gasteiger partial charge < -0.3 is 9.64 Å². The summed E-state index contributed by atoms with van der Waals surface area (Å²) < 4.78 is 5.20. The molecule has 3 heterocycles. The molecule has 4 rings (SSSR count). The molecule has 1 aliphatic rings. The van der Waals surface area contributed by atoms with Crippen molar-refractivity contribution in [3.05, 3.63) is 47.6 Å². The third kappa shape index (κ3) is 3.96.